The van der Waals surface area contributed by atoms with Crippen LogP contribution in [-0.4, -0.2) is 28.8 Å². The van der Waals surface area contributed by atoms with Crippen molar-refractivity contribution >= 4 is 11.9 Å². The summed E-state index contributed by atoms with van der Waals surface area (Å²) in [5.41, 5.74) is 9.19. The van der Waals surface area contributed by atoms with E-state index in [4.69, 9.17) is 10.5 Å². The summed E-state index contributed by atoms with van der Waals surface area (Å²) in [5, 5.41) is 4.33. The largest absolute Gasteiger partial charge is 0.465 e. The predicted molar refractivity (Wildman–Crippen MR) is 78.0 cm³/mol. The molecule has 1 amide bonds. The van der Waals surface area contributed by atoms with Crippen LogP contribution in [0.3, 0.4) is 0 Å². The summed E-state index contributed by atoms with van der Waals surface area (Å²) in [7, 11) is 3.13. The number of aromatic nitrogens is 2. The molecular formula is C15H17N3O3. The standard InChI is InChI=1S/C15H17N3O3/c1-8-13(9(2)18(3)17-8)12-7-10(15(20)21-4)5-6-11(12)14(16)19/h5-7H,1-4H3,(H2,16,19). The van der Waals surface area contributed by atoms with Crippen LogP contribution in [0.25, 0.3) is 11.1 Å². The van der Waals surface area contributed by atoms with Crippen molar-refractivity contribution in [3.63, 3.8) is 0 Å². The van der Waals surface area contributed by atoms with Crippen LogP contribution in [-0.2, 0) is 11.8 Å². The van der Waals surface area contributed by atoms with Crippen LogP contribution in [0.4, 0.5) is 0 Å². The van der Waals surface area contributed by atoms with Gasteiger partial charge in [0.25, 0.3) is 0 Å². The van der Waals surface area contributed by atoms with E-state index in [-0.39, 0.29) is 0 Å². The van der Waals surface area contributed by atoms with Gasteiger partial charge in [-0.2, -0.15) is 5.10 Å². The first kappa shape index (κ1) is 14.8. The number of primary amides is 1. The summed E-state index contributed by atoms with van der Waals surface area (Å²) in [5.74, 6) is -1.02. The number of nitrogens with two attached hydrogens (primary N) is 1. The van der Waals surface area contributed by atoms with Gasteiger partial charge in [-0.15, -0.1) is 0 Å². The lowest BCUT2D eigenvalue weighted by Gasteiger charge is -2.10. The number of nitrogens with zero attached hydrogens (tertiary/aromatic N) is 2. The second-order valence-electron chi connectivity index (χ2n) is 4.79. The Kier molecular flexibility index (Phi) is 3.80. The van der Waals surface area contributed by atoms with Gasteiger partial charge in [-0.25, -0.2) is 4.79 Å². The van der Waals surface area contributed by atoms with Gasteiger partial charge < -0.3 is 10.5 Å². The molecule has 0 radical (unpaired) electrons. The van der Waals surface area contributed by atoms with Crippen molar-refractivity contribution in [1.82, 2.24) is 9.78 Å². The van der Waals surface area contributed by atoms with Crippen LogP contribution in [0.1, 0.15) is 32.1 Å². The van der Waals surface area contributed by atoms with E-state index in [0.717, 1.165) is 17.0 Å². The SMILES string of the molecule is COC(=O)c1ccc(C(N)=O)c(-c2c(C)nn(C)c2C)c1. The number of ether oxygens (including phenoxy) is 1. The maximum atomic E-state index is 11.7. The lowest BCUT2D eigenvalue weighted by molar-refractivity contribution is 0.0600. The molecule has 0 unspecified atom stereocenters. The van der Waals surface area contributed by atoms with E-state index in [1.807, 2.05) is 20.9 Å². The number of methoxy groups -OCH3 is 1. The molecule has 21 heavy (non-hydrogen) atoms. The molecule has 0 atom stereocenters. The Morgan fingerprint density at radius 2 is 1.95 bits per heavy atom. The lowest BCUT2D eigenvalue weighted by atomic mass is 9.95. The van der Waals surface area contributed by atoms with E-state index >= 15 is 0 Å². The number of hydrogen-bond donors (Lipinski definition) is 1. The van der Waals surface area contributed by atoms with Crippen LogP contribution in [0.2, 0.25) is 0 Å². The first-order chi connectivity index (χ1) is 9.86. The monoisotopic (exact) mass is 287 g/mol. The Morgan fingerprint density at radius 3 is 2.43 bits per heavy atom. The van der Waals surface area contributed by atoms with Crippen molar-refractivity contribution in [2.24, 2.45) is 12.8 Å². The molecule has 1 heterocycles. The molecule has 0 aliphatic carbocycles. The first-order valence-corrected chi connectivity index (χ1v) is 6.39. The molecule has 2 N–H and O–H groups in total. The Labute approximate surface area is 122 Å². The first-order valence-electron chi connectivity index (χ1n) is 6.39. The highest BCUT2D eigenvalue weighted by Gasteiger charge is 2.19. The van der Waals surface area contributed by atoms with Gasteiger partial charge in [0, 0.05) is 23.9 Å². The molecular weight excluding hydrogens is 270 g/mol. The van der Waals surface area contributed by atoms with Gasteiger partial charge in [-0.1, -0.05) is 0 Å². The molecule has 1 aromatic carbocycles. The van der Waals surface area contributed by atoms with Gasteiger partial charge in [-0.05, 0) is 37.6 Å². The molecule has 110 valence electrons. The quantitative estimate of drug-likeness (QED) is 0.868. The van der Waals surface area contributed by atoms with Gasteiger partial charge >= 0.3 is 5.97 Å². The molecule has 0 bridgehead atoms. The summed E-state index contributed by atoms with van der Waals surface area (Å²) in [4.78, 5) is 23.3. The average Bonchev–Trinajstić information content (AvgIpc) is 2.70. The van der Waals surface area contributed by atoms with E-state index in [1.54, 1.807) is 10.7 Å². The maximum Gasteiger partial charge on any atom is 0.337 e. The number of rotatable bonds is 3. The van der Waals surface area contributed by atoms with Gasteiger partial charge in [-0.3, -0.25) is 9.48 Å². The Balaban J connectivity index is 2.75. The van der Waals surface area contributed by atoms with Gasteiger partial charge in [0.05, 0.1) is 18.4 Å². The molecule has 0 fully saturated rings. The highest BCUT2D eigenvalue weighted by atomic mass is 16.5. The number of carbonyl (C=O) groups excluding carboxylic acids is 2. The molecule has 6 nitrogen and oxygen atoms in total. The summed E-state index contributed by atoms with van der Waals surface area (Å²) >= 11 is 0. The summed E-state index contributed by atoms with van der Waals surface area (Å²) in [6, 6.07) is 4.68. The van der Waals surface area contributed by atoms with Gasteiger partial charge in [0.15, 0.2) is 0 Å². The second-order valence-corrected chi connectivity index (χ2v) is 4.79. The fourth-order valence-electron chi connectivity index (χ4n) is 2.37. The number of esters is 1. The van der Waals surface area contributed by atoms with Crippen LogP contribution in [0.15, 0.2) is 18.2 Å². The topological polar surface area (TPSA) is 87.2 Å². The molecule has 2 rings (SSSR count). The van der Waals surface area contributed by atoms with Crippen LogP contribution in [0, 0.1) is 13.8 Å². The van der Waals surface area contributed by atoms with Gasteiger partial charge in [0.2, 0.25) is 5.91 Å². The fraction of sp³-hybridized carbons (Fsp3) is 0.267. The summed E-state index contributed by atoms with van der Waals surface area (Å²) < 4.78 is 6.44. The van der Waals surface area contributed by atoms with Crippen LogP contribution in [0.5, 0.6) is 0 Å². The fourth-order valence-corrected chi connectivity index (χ4v) is 2.37. The van der Waals surface area contributed by atoms with E-state index in [0.29, 0.717) is 16.7 Å². The number of carbonyl (C=O) groups is 2. The molecule has 1 aromatic heterocycles. The normalized spacial score (nSPS) is 10.5. The zero-order valence-corrected chi connectivity index (χ0v) is 12.4. The van der Waals surface area contributed by atoms with Crippen molar-refractivity contribution in [3.8, 4) is 11.1 Å². The number of benzene rings is 1. The molecule has 2 aromatic rings. The zero-order chi connectivity index (χ0) is 15.7. The van der Waals surface area contributed by atoms with Gasteiger partial charge in [0.1, 0.15) is 0 Å². The predicted octanol–water partition coefficient (Wildman–Crippen LogP) is 1.59. The second kappa shape index (κ2) is 5.40. The third kappa shape index (κ3) is 2.52. The van der Waals surface area contributed by atoms with Crippen molar-refractivity contribution in [3.05, 3.63) is 40.7 Å². The minimum atomic E-state index is -0.552. The van der Waals surface area contributed by atoms with Crippen molar-refractivity contribution in [2.75, 3.05) is 7.11 Å². The highest BCUT2D eigenvalue weighted by molar-refractivity contribution is 6.02. The highest BCUT2D eigenvalue weighted by Crippen LogP contribution is 2.30. The molecule has 6 heteroatoms. The summed E-state index contributed by atoms with van der Waals surface area (Å²) in [6.45, 7) is 3.74. The number of hydrogen-bond acceptors (Lipinski definition) is 4. The maximum absolute atomic E-state index is 11.7. The smallest absolute Gasteiger partial charge is 0.337 e. The molecule has 0 saturated heterocycles. The average molecular weight is 287 g/mol. The minimum Gasteiger partial charge on any atom is -0.465 e. The number of amides is 1. The minimum absolute atomic E-state index is 0.349. The molecule has 0 aliphatic rings. The third-order valence-electron chi connectivity index (χ3n) is 3.48. The van der Waals surface area contributed by atoms with E-state index < -0.39 is 11.9 Å². The van der Waals surface area contributed by atoms with Crippen molar-refractivity contribution in [1.29, 1.82) is 0 Å². The molecule has 0 spiro atoms. The van der Waals surface area contributed by atoms with Crippen molar-refractivity contribution in [2.45, 2.75) is 13.8 Å². The Bertz CT molecular complexity index is 732. The molecule has 0 saturated carbocycles. The van der Waals surface area contributed by atoms with Crippen LogP contribution >= 0.6 is 0 Å². The Hall–Kier alpha value is -2.63. The van der Waals surface area contributed by atoms with E-state index in [2.05, 4.69) is 5.10 Å². The summed E-state index contributed by atoms with van der Waals surface area (Å²) in [6.07, 6.45) is 0. The van der Waals surface area contributed by atoms with E-state index in [1.165, 1.54) is 19.2 Å². The third-order valence-corrected chi connectivity index (χ3v) is 3.48. The molecule has 0 aliphatic heterocycles. The van der Waals surface area contributed by atoms with E-state index in [9.17, 15) is 9.59 Å². The lowest BCUT2D eigenvalue weighted by Crippen LogP contribution is -2.14. The van der Waals surface area contributed by atoms with Crippen molar-refractivity contribution < 1.29 is 14.3 Å². The number of aryl methyl sites for hydroxylation is 2. The zero-order valence-electron chi connectivity index (χ0n) is 12.4. The Morgan fingerprint density at radius 1 is 1.29 bits per heavy atom. The van der Waals surface area contributed by atoms with Crippen LogP contribution < -0.4 is 5.73 Å².